The molecular weight excluding hydrogens is 316 g/mol. The third kappa shape index (κ3) is 2.90. The van der Waals surface area contributed by atoms with Crippen molar-refractivity contribution in [3.05, 3.63) is 41.5 Å². The van der Waals surface area contributed by atoms with E-state index in [1.807, 2.05) is 24.3 Å². The van der Waals surface area contributed by atoms with Gasteiger partial charge in [-0.15, -0.1) is 10.2 Å². The van der Waals surface area contributed by atoms with Gasteiger partial charge < -0.3 is 14.2 Å². The first kappa shape index (κ1) is 16.1. The van der Waals surface area contributed by atoms with Crippen molar-refractivity contribution in [1.29, 1.82) is 0 Å². The molecule has 2 atom stereocenters. The number of hydrogen-bond acceptors (Lipinski definition) is 4. The molecule has 0 unspecified atom stereocenters. The van der Waals surface area contributed by atoms with Gasteiger partial charge in [0.15, 0.2) is 0 Å². The zero-order valence-corrected chi connectivity index (χ0v) is 14.8. The molecule has 132 valence electrons. The molecule has 0 saturated carbocycles. The number of methoxy groups -OCH3 is 1. The van der Waals surface area contributed by atoms with Crippen molar-refractivity contribution in [1.82, 2.24) is 19.7 Å². The number of ether oxygens (including phenoxy) is 1. The number of carbonyl (C=O) groups excluding carboxylic acids is 1. The molecule has 6 nitrogen and oxygen atoms in total. The number of fused-ring (bicyclic) bond motifs is 3. The van der Waals surface area contributed by atoms with E-state index in [2.05, 4.69) is 26.6 Å². The molecule has 0 N–H and O–H groups in total. The van der Waals surface area contributed by atoms with Gasteiger partial charge in [-0.25, -0.2) is 0 Å². The number of amides is 1. The Morgan fingerprint density at radius 2 is 2.12 bits per heavy atom. The van der Waals surface area contributed by atoms with Gasteiger partial charge >= 0.3 is 0 Å². The summed E-state index contributed by atoms with van der Waals surface area (Å²) in [5, 5.41) is 8.67. The highest BCUT2D eigenvalue weighted by atomic mass is 16.5. The predicted molar refractivity (Wildman–Crippen MR) is 93.5 cm³/mol. The molecule has 0 radical (unpaired) electrons. The summed E-state index contributed by atoms with van der Waals surface area (Å²) >= 11 is 0. The molecule has 0 aliphatic carbocycles. The number of nitrogens with zero attached hydrogens (tertiary/aromatic N) is 4. The standard InChI is InChI=1S/C19H24N4O2/c1-3-17-20-21-18-11-14-7-8-15(12-22(17)18)23(14)19(24)10-13-5-4-6-16(9-13)25-2/h4-6,9,14-15H,3,7-8,10-12H2,1-2H3/t14-,15+/m0/s1. The van der Waals surface area contributed by atoms with Crippen LogP contribution in [0.2, 0.25) is 0 Å². The number of hydrogen-bond donors (Lipinski definition) is 0. The highest BCUT2D eigenvalue weighted by Gasteiger charge is 2.40. The highest BCUT2D eigenvalue weighted by molar-refractivity contribution is 5.80. The van der Waals surface area contributed by atoms with Crippen LogP contribution in [0.5, 0.6) is 5.75 Å². The fraction of sp³-hybridized carbons (Fsp3) is 0.526. The Bertz CT molecular complexity index is 785. The Morgan fingerprint density at radius 1 is 1.28 bits per heavy atom. The number of benzene rings is 1. The van der Waals surface area contributed by atoms with Crippen LogP contribution in [0, 0.1) is 0 Å². The molecule has 25 heavy (non-hydrogen) atoms. The molecule has 2 aliphatic heterocycles. The lowest BCUT2D eigenvalue weighted by molar-refractivity contribution is -0.133. The van der Waals surface area contributed by atoms with Crippen LogP contribution in [-0.2, 0) is 30.6 Å². The van der Waals surface area contributed by atoms with Crippen molar-refractivity contribution in [2.75, 3.05) is 7.11 Å². The van der Waals surface area contributed by atoms with Crippen LogP contribution in [0.15, 0.2) is 24.3 Å². The molecule has 2 aliphatic rings. The molecule has 1 aromatic heterocycles. The first-order valence-electron chi connectivity index (χ1n) is 9.04. The number of aromatic nitrogens is 3. The van der Waals surface area contributed by atoms with E-state index in [1.54, 1.807) is 7.11 Å². The van der Waals surface area contributed by atoms with E-state index in [0.29, 0.717) is 6.42 Å². The maximum atomic E-state index is 13.0. The Kier molecular flexibility index (Phi) is 4.19. The quantitative estimate of drug-likeness (QED) is 0.854. The lowest BCUT2D eigenvalue weighted by Crippen LogP contribution is -2.43. The number of rotatable bonds is 4. The third-order valence-corrected chi connectivity index (χ3v) is 5.43. The molecule has 1 amide bonds. The summed E-state index contributed by atoms with van der Waals surface area (Å²) in [6.07, 6.45) is 4.24. The van der Waals surface area contributed by atoms with Gasteiger partial charge in [0.1, 0.15) is 17.4 Å². The van der Waals surface area contributed by atoms with Gasteiger partial charge in [0.2, 0.25) is 5.91 Å². The minimum absolute atomic E-state index is 0.206. The van der Waals surface area contributed by atoms with E-state index in [-0.39, 0.29) is 18.0 Å². The summed E-state index contributed by atoms with van der Waals surface area (Å²) in [7, 11) is 1.65. The lowest BCUT2D eigenvalue weighted by atomic mass is 10.1. The Hall–Kier alpha value is -2.37. The van der Waals surface area contributed by atoms with Gasteiger partial charge in [-0.1, -0.05) is 19.1 Å². The van der Waals surface area contributed by atoms with Crippen molar-refractivity contribution >= 4 is 5.91 Å². The molecule has 2 bridgehead atoms. The van der Waals surface area contributed by atoms with Crippen molar-refractivity contribution in [2.24, 2.45) is 0 Å². The van der Waals surface area contributed by atoms with Crippen molar-refractivity contribution < 1.29 is 9.53 Å². The van der Waals surface area contributed by atoms with Gasteiger partial charge in [-0.2, -0.15) is 0 Å². The maximum Gasteiger partial charge on any atom is 0.227 e. The van der Waals surface area contributed by atoms with Gasteiger partial charge in [-0.05, 0) is 30.5 Å². The van der Waals surface area contributed by atoms with E-state index < -0.39 is 0 Å². The smallest absolute Gasteiger partial charge is 0.227 e. The van der Waals surface area contributed by atoms with Gasteiger partial charge in [0.25, 0.3) is 0 Å². The van der Waals surface area contributed by atoms with Crippen molar-refractivity contribution in [2.45, 2.75) is 57.7 Å². The van der Waals surface area contributed by atoms with E-state index in [0.717, 1.165) is 55.2 Å². The Labute approximate surface area is 147 Å². The summed E-state index contributed by atoms with van der Waals surface area (Å²) in [5.74, 6) is 3.06. The van der Waals surface area contributed by atoms with Crippen LogP contribution in [0.3, 0.4) is 0 Å². The zero-order chi connectivity index (χ0) is 17.4. The monoisotopic (exact) mass is 340 g/mol. The van der Waals surface area contributed by atoms with Gasteiger partial charge in [0.05, 0.1) is 19.6 Å². The molecule has 1 aromatic carbocycles. The van der Waals surface area contributed by atoms with Crippen LogP contribution in [-0.4, -0.2) is 44.8 Å². The van der Waals surface area contributed by atoms with Crippen molar-refractivity contribution in [3.63, 3.8) is 0 Å². The summed E-state index contributed by atoms with van der Waals surface area (Å²) in [6.45, 7) is 2.93. The SMILES string of the molecule is CCc1nnc2n1C[C@H]1CC[C@@H](C2)N1C(=O)Cc1cccc(OC)c1. The molecule has 2 aromatic rings. The zero-order valence-electron chi connectivity index (χ0n) is 14.8. The number of carbonyl (C=O) groups is 1. The van der Waals surface area contributed by atoms with E-state index in [4.69, 9.17) is 4.74 Å². The molecule has 1 saturated heterocycles. The van der Waals surface area contributed by atoms with Crippen LogP contribution in [0.4, 0.5) is 0 Å². The minimum atomic E-state index is 0.206. The minimum Gasteiger partial charge on any atom is -0.497 e. The van der Waals surface area contributed by atoms with Crippen molar-refractivity contribution in [3.8, 4) is 5.75 Å². The average molecular weight is 340 g/mol. The second kappa shape index (κ2) is 6.50. The highest BCUT2D eigenvalue weighted by Crippen LogP contribution is 2.32. The van der Waals surface area contributed by atoms with E-state index in [1.165, 1.54) is 0 Å². The van der Waals surface area contributed by atoms with Crippen LogP contribution < -0.4 is 4.74 Å². The fourth-order valence-electron chi connectivity index (χ4n) is 4.21. The fourth-order valence-corrected chi connectivity index (χ4v) is 4.21. The molecular formula is C19H24N4O2. The van der Waals surface area contributed by atoms with Gasteiger partial charge in [0, 0.05) is 25.4 Å². The van der Waals surface area contributed by atoms with Crippen LogP contribution in [0.1, 0.15) is 37.0 Å². The van der Waals surface area contributed by atoms with Crippen LogP contribution in [0.25, 0.3) is 0 Å². The van der Waals surface area contributed by atoms with E-state index in [9.17, 15) is 4.79 Å². The molecule has 1 fully saturated rings. The summed E-state index contributed by atoms with van der Waals surface area (Å²) in [6, 6.07) is 8.28. The summed E-state index contributed by atoms with van der Waals surface area (Å²) in [4.78, 5) is 15.2. The molecule has 6 heteroatoms. The molecule has 0 spiro atoms. The summed E-state index contributed by atoms with van der Waals surface area (Å²) in [5.41, 5.74) is 1.00. The topological polar surface area (TPSA) is 60.2 Å². The Morgan fingerprint density at radius 3 is 2.92 bits per heavy atom. The molecule has 3 heterocycles. The summed E-state index contributed by atoms with van der Waals surface area (Å²) < 4.78 is 7.50. The molecule has 4 rings (SSSR count). The predicted octanol–water partition coefficient (Wildman–Crippen LogP) is 2.01. The maximum absolute atomic E-state index is 13.0. The normalized spacial score (nSPS) is 21.8. The largest absolute Gasteiger partial charge is 0.497 e. The Balaban J connectivity index is 1.55. The first-order chi connectivity index (χ1) is 12.2. The lowest BCUT2D eigenvalue weighted by Gasteiger charge is -2.28. The first-order valence-corrected chi connectivity index (χ1v) is 9.04. The van der Waals surface area contributed by atoms with E-state index >= 15 is 0 Å². The average Bonchev–Trinajstić information content (AvgIpc) is 3.14. The van der Waals surface area contributed by atoms with Crippen LogP contribution >= 0.6 is 0 Å². The third-order valence-electron chi connectivity index (χ3n) is 5.43. The second-order valence-corrected chi connectivity index (χ2v) is 6.92. The number of aryl methyl sites for hydroxylation is 1. The second-order valence-electron chi connectivity index (χ2n) is 6.92. The van der Waals surface area contributed by atoms with Gasteiger partial charge in [-0.3, -0.25) is 4.79 Å².